The quantitative estimate of drug-likeness (QED) is 0.590. The molecule has 0 bridgehead atoms. The smallest absolute Gasteiger partial charge is 0.282 e. The number of nitrogens with one attached hydrogen (secondary N) is 1. The highest BCUT2D eigenvalue weighted by molar-refractivity contribution is 6.26. The highest BCUT2D eigenvalue weighted by atomic mass is 35.5. The molecule has 0 saturated heterocycles. The number of aromatic nitrogens is 2. The molecule has 2 aromatic rings. The van der Waals surface area contributed by atoms with Gasteiger partial charge in [0.15, 0.2) is 0 Å². The zero-order valence-electron chi connectivity index (χ0n) is 14.3. The van der Waals surface area contributed by atoms with Crippen LogP contribution in [0.3, 0.4) is 0 Å². The number of carbonyl (C=O) groups excluding carboxylic acids is 1. The predicted molar refractivity (Wildman–Crippen MR) is 92.7 cm³/mol. The minimum Gasteiger partial charge on any atom is -0.340 e. The van der Waals surface area contributed by atoms with Gasteiger partial charge in [-0.3, -0.25) is 9.48 Å². The Bertz CT molecular complexity index is 966. The topological polar surface area (TPSA) is 46.9 Å². The van der Waals surface area contributed by atoms with Gasteiger partial charge in [-0.25, -0.2) is 22.0 Å². The van der Waals surface area contributed by atoms with Crippen molar-refractivity contribution in [2.75, 3.05) is 0 Å². The largest absolute Gasteiger partial charge is 0.340 e. The number of alkyl halides is 4. The van der Waals surface area contributed by atoms with E-state index in [0.717, 1.165) is 29.1 Å². The van der Waals surface area contributed by atoms with E-state index in [0.29, 0.717) is 6.08 Å². The summed E-state index contributed by atoms with van der Waals surface area (Å²) in [5.41, 5.74) is -1.16. The van der Waals surface area contributed by atoms with Crippen molar-refractivity contribution in [1.29, 1.82) is 0 Å². The van der Waals surface area contributed by atoms with Crippen LogP contribution in [-0.4, -0.2) is 26.9 Å². The molecule has 1 amide bonds. The van der Waals surface area contributed by atoms with E-state index in [4.69, 9.17) is 11.6 Å². The minimum atomic E-state index is -3.04. The van der Waals surface area contributed by atoms with E-state index in [2.05, 4.69) is 10.4 Å². The van der Waals surface area contributed by atoms with Gasteiger partial charge in [0.25, 0.3) is 12.3 Å². The normalized spacial score (nSPS) is 22.1. The van der Waals surface area contributed by atoms with Gasteiger partial charge in [-0.1, -0.05) is 23.7 Å². The summed E-state index contributed by atoms with van der Waals surface area (Å²) >= 11 is 5.77. The van der Waals surface area contributed by atoms with Crippen molar-refractivity contribution in [2.24, 2.45) is 7.05 Å². The summed E-state index contributed by atoms with van der Waals surface area (Å²) in [4.78, 5) is 12.5. The van der Waals surface area contributed by atoms with E-state index in [1.165, 1.54) is 19.2 Å². The summed E-state index contributed by atoms with van der Waals surface area (Å²) in [6.45, 7) is 0. The number of carbonyl (C=O) groups is 1. The summed E-state index contributed by atoms with van der Waals surface area (Å²) < 4.78 is 69.1. The molecule has 2 atom stereocenters. The summed E-state index contributed by atoms with van der Waals surface area (Å²) in [7, 11) is 1.34. The number of amides is 1. The van der Waals surface area contributed by atoms with Crippen LogP contribution in [0.2, 0.25) is 0 Å². The molecule has 1 aliphatic rings. The lowest BCUT2D eigenvalue weighted by molar-refractivity contribution is 0.0911. The lowest BCUT2D eigenvalue weighted by Gasteiger charge is -2.32. The average Bonchev–Trinajstić information content (AvgIpc) is 2.99. The van der Waals surface area contributed by atoms with E-state index < -0.39 is 46.4 Å². The molecule has 1 heterocycles. The van der Waals surface area contributed by atoms with Gasteiger partial charge in [-0.15, -0.1) is 0 Å². The number of hydrogen-bond donors (Lipinski definition) is 1. The summed E-state index contributed by atoms with van der Waals surface area (Å²) in [5.74, 6) is -2.65. The monoisotopic (exact) mass is 417 g/mol. The van der Waals surface area contributed by atoms with Crippen molar-refractivity contribution in [3.05, 3.63) is 71.1 Å². The fourth-order valence-corrected chi connectivity index (χ4v) is 3.14. The molecular weight excluding hydrogens is 405 g/mol. The fraction of sp³-hybridized carbons (Fsp3) is 0.222. The Balaban J connectivity index is 1.99. The summed E-state index contributed by atoms with van der Waals surface area (Å²) in [6.07, 6.45) is -0.616. The highest BCUT2D eigenvalue weighted by Crippen LogP contribution is 2.39. The van der Waals surface area contributed by atoms with Gasteiger partial charge >= 0.3 is 0 Å². The number of aryl methyl sites for hydroxylation is 1. The van der Waals surface area contributed by atoms with Crippen LogP contribution in [0.25, 0.3) is 5.57 Å². The molecule has 0 spiro atoms. The molecule has 1 aliphatic carbocycles. The molecule has 2 unspecified atom stereocenters. The standard InChI is InChI=1S/C18H13ClF5N3O/c1-27-8-13(14(26-27)16(22)23)17(28)25-15-12(6-11(21)7-18(15,19)24)9-2-4-10(20)5-3-9/h2-8,15-16H,1H3,(H,25,28). The fourth-order valence-electron chi connectivity index (χ4n) is 2.86. The maximum atomic E-state index is 14.9. The second-order valence-corrected chi connectivity index (χ2v) is 6.70. The number of allylic oxidation sites excluding steroid dienone is 2. The maximum absolute atomic E-state index is 14.9. The molecule has 4 nitrogen and oxygen atoms in total. The Morgan fingerprint density at radius 3 is 2.54 bits per heavy atom. The number of hydrogen-bond acceptors (Lipinski definition) is 2. The SMILES string of the molecule is Cn1cc(C(=O)NC2C(c3ccc(F)cc3)=CC(F)=CC2(F)Cl)c(C(F)F)n1. The van der Waals surface area contributed by atoms with E-state index in [1.807, 2.05) is 0 Å². The highest BCUT2D eigenvalue weighted by Gasteiger charge is 2.43. The van der Waals surface area contributed by atoms with Gasteiger partial charge in [-0.05, 0) is 29.3 Å². The molecule has 0 fully saturated rings. The van der Waals surface area contributed by atoms with Gasteiger partial charge in [0.1, 0.15) is 23.4 Å². The molecular formula is C18H13ClF5N3O. The zero-order chi connectivity index (χ0) is 20.6. The van der Waals surface area contributed by atoms with Gasteiger partial charge in [0.2, 0.25) is 5.13 Å². The Morgan fingerprint density at radius 2 is 1.93 bits per heavy atom. The van der Waals surface area contributed by atoms with Crippen LogP contribution in [0.4, 0.5) is 22.0 Å². The van der Waals surface area contributed by atoms with Crippen LogP contribution < -0.4 is 5.32 Å². The molecule has 148 valence electrons. The Kier molecular flexibility index (Phi) is 5.29. The zero-order valence-corrected chi connectivity index (χ0v) is 15.0. The number of nitrogens with zero attached hydrogens (tertiary/aromatic N) is 2. The molecule has 10 heteroatoms. The van der Waals surface area contributed by atoms with Crippen LogP contribution in [-0.2, 0) is 7.05 Å². The van der Waals surface area contributed by atoms with Crippen LogP contribution in [0.5, 0.6) is 0 Å². The first-order valence-corrected chi connectivity index (χ1v) is 8.32. The van der Waals surface area contributed by atoms with E-state index in [-0.39, 0.29) is 11.1 Å². The Labute approximate surface area is 161 Å². The lowest BCUT2D eigenvalue weighted by atomic mass is 9.90. The first-order valence-electron chi connectivity index (χ1n) is 7.94. The molecule has 0 saturated carbocycles. The van der Waals surface area contributed by atoms with Crippen LogP contribution in [0.1, 0.15) is 28.0 Å². The van der Waals surface area contributed by atoms with Gasteiger partial charge < -0.3 is 5.32 Å². The van der Waals surface area contributed by atoms with Crippen molar-refractivity contribution in [3.63, 3.8) is 0 Å². The van der Waals surface area contributed by atoms with Gasteiger partial charge in [0.05, 0.1) is 5.56 Å². The van der Waals surface area contributed by atoms with Crippen molar-refractivity contribution >= 4 is 23.1 Å². The van der Waals surface area contributed by atoms with Crippen LogP contribution in [0, 0.1) is 5.82 Å². The molecule has 28 heavy (non-hydrogen) atoms. The molecule has 1 aromatic carbocycles. The first kappa shape index (κ1) is 20.1. The summed E-state index contributed by atoms with van der Waals surface area (Å²) in [5, 5.41) is 2.84. The van der Waals surface area contributed by atoms with Crippen molar-refractivity contribution in [2.45, 2.75) is 17.6 Å². The third-order valence-electron chi connectivity index (χ3n) is 4.08. The summed E-state index contributed by atoms with van der Waals surface area (Å²) in [6, 6.07) is 3.00. The number of benzene rings is 1. The van der Waals surface area contributed by atoms with E-state index in [9.17, 15) is 26.7 Å². The molecule has 0 radical (unpaired) electrons. The molecule has 1 aromatic heterocycles. The molecule has 3 rings (SSSR count). The van der Waals surface area contributed by atoms with Gasteiger partial charge in [-0.2, -0.15) is 5.10 Å². The van der Waals surface area contributed by atoms with Crippen LogP contribution in [0.15, 0.2) is 48.4 Å². The van der Waals surface area contributed by atoms with Gasteiger partial charge in [0, 0.05) is 19.3 Å². The third kappa shape index (κ3) is 3.94. The Morgan fingerprint density at radius 1 is 1.29 bits per heavy atom. The molecule has 0 aliphatic heterocycles. The Hall–Kier alpha value is -2.68. The predicted octanol–water partition coefficient (Wildman–Crippen LogP) is 4.45. The van der Waals surface area contributed by atoms with Crippen molar-refractivity contribution in [1.82, 2.24) is 15.1 Å². The maximum Gasteiger partial charge on any atom is 0.282 e. The number of halogens is 6. The minimum absolute atomic E-state index is 0.0895. The first-order chi connectivity index (χ1) is 13.1. The number of rotatable bonds is 4. The second kappa shape index (κ2) is 7.38. The van der Waals surface area contributed by atoms with E-state index in [1.54, 1.807) is 0 Å². The average molecular weight is 418 g/mol. The second-order valence-electron chi connectivity index (χ2n) is 6.12. The van der Waals surface area contributed by atoms with Crippen molar-refractivity contribution in [3.8, 4) is 0 Å². The third-order valence-corrected chi connectivity index (χ3v) is 4.41. The van der Waals surface area contributed by atoms with Crippen molar-refractivity contribution < 1.29 is 26.7 Å². The molecule has 1 N–H and O–H groups in total. The van der Waals surface area contributed by atoms with Crippen LogP contribution >= 0.6 is 11.6 Å². The lowest BCUT2D eigenvalue weighted by Crippen LogP contribution is -2.48. The van der Waals surface area contributed by atoms with E-state index >= 15 is 0 Å².